The number of nitrogens with two attached hydrogens (primary N) is 2. The third kappa shape index (κ3) is 4.06. The first-order valence-electron chi connectivity index (χ1n) is 7.82. The Labute approximate surface area is 146 Å². The zero-order valence-corrected chi connectivity index (χ0v) is 14.6. The number of hydrogen-bond donors (Lipinski definition) is 2. The van der Waals surface area contributed by atoms with E-state index in [-0.39, 0.29) is 13.1 Å². The van der Waals surface area contributed by atoms with E-state index in [1.54, 1.807) is 6.07 Å². The van der Waals surface area contributed by atoms with E-state index in [9.17, 15) is 14.4 Å². The van der Waals surface area contributed by atoms with Crippen LogP contribution < -0.4 is 11.5 Å². The minimum atomic E-state index is -0.706. The lowest BCUT2D eigenvalue weighted by atomic mass is 10.2. The number of amides is 3. The average molecular weight is 342 g/mol. The molecule has 0 atom stereocenters. The summed E-state index contributed by atoms with van der Waals surface area (Å²) in [6.07, 6.45) is 0. The van der Waals surface area contributed by atoms with Crippen LogP contribution in [0.1, 0.15) is 27.3 Å². The summed E-state index contributed by atoms with van der Waals surface area (Å²) in [5.41, 5.74) is 14.4. The molecule has 132 valence electrons. The number of aromatic nitrogens is 1. The highest BCUT2D eigenvalue weighted by atomic mass is 16.2. The summed E-state index contributed by atoms with van der Waals surface area (Å²) in [4.78, 5) is 36.3. The van der Waals surface area contributed by atoms with Gasteiger partial charge >= 0.3 is 0 Å². The number of carbonyl (C=O) groups is 3. The minimum absolute atomic E-state index is 0.365. The maximum absolute atomic E-state index is 12.8. The monoisotopic (exact) mass is 342 g/mol. The van der Waals surface area contributed by atoms with Gasteiger partial charge in [0.05, 0.1) is 5.56 Å². The highest BCUT2D eigenvalue weighted by molar-refractivity contribution is 5.99. The number of rotatable bonds is 6. The van der Waals surface area contributed by atoms with Crippen LogP contribution >= 0.6 is 0 Å². The molecule has 0 aliphatic rings. The van der Waals surface area contributed by atoms with Crippen molar-refractivity contribution >= 4 is 17.7 Å². The van der Waals surface area contributed by atoms with Gasteiger partial charge in [0.2, 0.25) is 11.8 Å². The molecule has 0 fully saturated rings. The fourth-order valence-electron chi connectivity index (χ4n) is 2.89. The number of carbonyl (C=O) groups excluding carboxylic acids is 3. The fraction of sp³-hybridized carbons (Fsp3) is 0.278. The summed E-state index contributed by atoms with van der Waals surface area (Å²) < 4.78 is 1.95. The van der Waals surface area contributed by atoms with E-state index < -0.39 is 17.7 Å². The zero-order chi connectivity index (χ0) is 18.7. The molecule has 25 heavy (non-hydrogen) atoms. The Hall–Kier alpha value is -3.09. The van der Waals surface area contributed by atoms with Crippen molar-refractivity contribution in [1.29, 1.82) is 0 Å². The maximum atomic E-state index is 12.8. The number of benzene rings is 1. The Morgan fingerprint density at radius 3 is 2.12 bits per heavy atom. The predicted molar refractivity (Wildman–Crippen MR) is 94.3 cm³/mol. The summed E-state index contributed by atoms with van der Waals surface area (Å²) in [5, 5.41) is 0. The molecule has 0 saturated heterocycles. The Morgan fingerprint density at radius 2 is 1.60 bits per heavy atom. The van der Waals surface area contributed by atoms with Crippen molar-refractivity contribution in [3.8, 4) is 5.69 Å². The average Bonchev–Trinajstić information content (AvgIpc) is 2.79. The third-order valence-electron chi connectivity index (χ3n) is 3.90. The second-order valence-electron chi connectivity index (χ2n) is 6.05. The van der Waals surface area contributed by atoms with Crippen molar-refractivity contribution in [2.75, 3.05) is 13.1 Å². The van der Waals surface area contributed by atoms with Crippen LogP contribution in [0.4, 0.5) is 0 Å². The van der Waals surface area contributed by atoms with Gasteiger partial charge in [-0.1, -0.05) is 12.1 Å². The lowest BCUT2D eigenvalue weighted by molar-refractivity contribution is -0.121. The topological polar surface area (TPSA) is 111 Å². The molecule has 0 aliphatic carbocycles. The smallest absolute Gasteiger partial charge is 0.256 e. The van der Waals surface area contributed by atoms with E-state index in [1.165, 1.54) is 0 Å². The Kier molecular flexibility index (Phi) is 5.26. The second-order valence-corrected chi connectivity index (χ2v) is 6.05. The van der Waals surface area contributed by atoms with Gasteiger partial charge in [-0.3, -0.25) is 14.4 Å². The van der Waals surface area contributed by atoms with Gasteiger partial charge in [0.1, 0.15) is 13.1 Å². The molecule has 0 spiro atoms. The van der Waals surface area contributed by atoms with Crippen LogP contribution in [0, 0.1) is 20.8 Å². The number of nitrogens with zero attached hydrogens (tertiary/aromatic N) is 2. The summed E-state index contributed by atoms with van der Waals surface area (Å²) in [5.74, 6) is -1.87. The van der Waals surface area contributed by atoms with Gasteiger partial charge in [0, 0.05) is 17.1 Å². The summed E-state index contributed by atoms with van der Waals surface area (Å²) in [6.45, 7) is 4.96. The van der Waals surface area contributed by atoms with Gasteiger partial charge < -0.3 is 20.9 Å². The van der Waals surface area contributed by atoms with E-state index in [4.69, 9.17) is 11.5 Å². The molecular formula is C18H22N4O3. The first-order chi connectivity index (χ1) is 11.7. The first kappa shape index (κ1) is 18.3. The summed E-state index contributed by atoms with van der Waals surface area (Å²) in [7, 11) is 0. The normalized spacial score (nSPS) is 10.5. The molecule has 4 N–H and O–H groups in total. The van der Waals surface area contributed by atoms with Crippen LogP contribution in [0.5, 0.6) is 0 Å². The van der Waals surface area contributed by atoms with Crippen LogP contribution in [0.25, 0.3) is 5.69 Å². The molecule has 2 rings (SSSR count). The molecule has 0 aliphatic heterocycles. The standard InChI is InChI=1S/C18H22N4O3/c1-11-5-4-6-14(7-11)22-12(2)8-15(13(22)3)18(25)21(9-16(19)23)10-17(20)24/h4-8H,9-10H2,1-3H3,(H2,19,23)(H2,20,24). The van der Waals surface area contributed by atoms with Crippen molar-refractivity contribution in [1.82, 2.24) is 9.47 Å². The Balaban J connectivity index is 2.45. The van der Waals surface area contributed by atoms with Crippen LogP contribution in [0.2, 0.25) is 0 Å². The Morgan fingerprint density at radius 1 is 1.00 bits per heavy atom. The zero-order valence-electron chi connectivity index (χ0n) is 14.6. The molecule has 0 radical (unpaired) electrons. The lowest BCUT2D eigenvalue weighted by Gasteiger charge is -2.19. The van der Waals surface area contributed by atoms with Crippen molar-refractivity contribution in [2.45, 2.75) is 20.8 Å². The quantitative estimate of drug-likeness (QED) is 0.810. The van der Waals surface area contributed by atoms with Gasteiger partial charge in [-0.15, -0.1) is 0 Å². The van der Waals surface area contributed by atoms with Crippen molar-refractivity contribution in [3.63, 3.8) is 0 Å². The lowest BCUT2D eigenvalue weighted by Crippen LogP contribution is -2.43. The minimum Gasteiger partial charge on any atom is -0.368 e. The molecule has 1 aromatic carbocycles. The van der Waals surface area contributed by atoms with Gasteiger partial charge in [0.15, 0.2) is 0 Å². The summed E-state index contributed by atoms with van der Waals surface area (Å²) in [6, 6.07) is 9.63. The molecule has 0 unspecified atom stereocenters. The molecule has 7 heteroatoms. The van der Waals surface area contributed by atoms with E-state index in [0.717, 1.165) is 21.8 Å². The largest absolute Gasteiger partial charge is 0.368 e. The van der Waals surface area contributed by atoms with Crippen LogP contribution in [0.3, 0.4) is 0 Å². The molecular weight excluding hydrogens is 320 g/mol. The molecule has 1 heterocycles. The second kappa shape index (κ2) is 7.21. The van der Waals surface area contributed by atoms with E-state index >= 15 is 0 Å². The summed E-state index contributed by atoms with van der Waals surface area (Å²) >= 11 is 0. The molecule has 7 nitrogen and oxygen atoms in total. The number of primary amides is 2. The Bertz CT molecular complexity index is 823. The highest BCUT2D eigenvalue weighted by Gasteiger charge is 2.24. The highest BCUT2D eigenvalue weighted by Crippen LogP contribution is 2.22. The SMILES string of the molecule is Cc1cccc(-n2c(C)cc(C(=O)N(CC(N)=O)CC(N)=O)c2C)c1. The molecule has 2 aromatic rings. The maximum Gasteiger partial charge on any atom is 0.256 e. The molecule has 0 saturated carbocycles. The van der Waals surface area contributed by atoms with Crippen molar-refractivity contribution in [2.24, 2.45) is 11.5 Å². The first-order valence-corrected chi connectivity index (χ1v) is 7.82. The van der Waals surface area contributed by atoms with Crippen molar-refractivity contribution in [3.05, 3.63) is 52.8 Å². The molecule has 0 bridgehead atoms. The number of aryl methyl sites for hydroxylation is 2. The van der Waals surface area contributed by atoms with Gasteiger partial charge in [-0.05, 0) is 44.5 Å². The van der Waals surface area contributed by atoms with E-state index in [1.807, 2.05) is 49.6 Å². The van der Waals surface area contributed by atoms with Crippen LogP contribution in [-0.4, -0.2) is 40.3 Å². The van der Waals surface area contributed by atoms with E-state index in [2.05, 4.69) is 0 Å². The van der Waals surface area contributed by atoms with E-state index in [0.29, 0.717) is 11.3 Å². The number of hydrogen-bond acceptors (Lipinski definition) is 3. The molecule has 3 amide bonds. The van der Waals surface area contributed by atoms with Gasteiger partial charge in [0.25, 0.3) is 5.91 Å². The van der Waals surface area contributed by atoms with Crippen LogP contribution in [0.15, 0.2) is 30.3 Å². The van der Waals surface area contributed by atoms with Gasteiger partial charge in [-0.2, -0.15) is 0 Å². The van der Waals surface area contributed by atoms with Gasteiger partial charge in [-0.25, -0.2) is 0 Å². The fourth-order valence-corrected chi connectivity index (χ4v) is 2.89. The van der Waals surface area contributed by atoms with Crippen molar-refractivity contribution < 1.29 is 14.4 Å². The predicted octanol–water partition coefficient (Wildman–Crippen LogP) is 0.815. The third-order valence-corrected chi connectivity index (χ3v) is 3.90. The molecule has 1 aromatic heterocycles. The van der Waals surface area contributed by atoms with Crippen LogP contribution in [-0.2, 0) is 9.59 Å².